The number of anilines is 1. The molecule has 2 aromatic rings. The van der Waals surface area contributed by atoms with Crippen LogP contribution in [0.25, 0.3) is 0 Å². The molecule has 0 saturated carbocycles. The Kier molecular flexibility index (Phi) is 3.40. The highest BCUT2D eigenvalue weighted by molar-refractivity contribution is 7.13. The molecule has 5 heteroatoms. The molecule has 0 N–H and O–H groups in total. The second kappa shape index (κ2) is 5.16. The molecule has 90 valence electrons. The van der Waals surface area contributed by atoms with Gasteiger partial charge in [0.15, 0.2) is 5.13 Å². The maximum Gasteiger partial charge on any atom is 0.185 e. The van der Waals surface area contributed by atoms with Gasteiger partial charge in [-0.05, 0) is 22.4 Å². The maximum absolute atomic E-state index is 5.35. The van der Waals surface area contributed by atoms with E-state index in [1.165, 1.54) is 11.3 Å². The molecule has 0 aromatic carbocycles. The predicted molar refractivity (Wildman–Crippen MR) is 72.3 cm³/mol. The third-order valence-corrected chi connectivity index (χ3v) is 4.47. The summed E-state index contributed by atoms with van der Waals surface area (Å²) in [7, 11) is 0. The number of nitrogens with zero attached hydrogens (tertiary/aromatic N) is 2. The monoisotopic (exact) mass is 266 g/mol. The smallest absolute Gasteiger partial charge is 0.185 e. The number of thiazole rings is 1. The third kappa shape index (κ3) is 2.68. The van der Waals surface area contributed by atoms with Gasteiger partial charge in [0.25, 0.3) is 0 Å². The number of rotatable bonds is 3. The van der Waals surface area contributed by atoms with Crippen LogP contribution < -0.4 is 4.90 Å². The fraction of sp³-hybridized carbons (Fsp3) is 0.417. The van der Waals surface area contributed by atoms with E-state index in [1.807, 2.05) is 0 Å². The minimum atomic E-state index is 0.819. The summed E-state index contributed by atoms with van der Waals surface area (Å²) in [4.78, 5) is 7.01. The van der Waals surface area contributed by atoms with Crippen LogP contribution in [0.15, 0.2) is 22.2 Å². The first-order valence-corrected chi connectivity index (χ1v) is 7.52. The second-order valence-corrected chi connectivity index (χ2v) is 5.65. The van der Waals surface area contributed by atoms with Crippen LogP contribution in [0.4, 0.5) is 5.13 Å². The highest BCUT2D eigenvalue weighted by Gasteiger charge is 2.14. The van der Waals surface area contributed by atoms with Gasteiger partial charge in [-0.1, -0.05) is 0 Å². The van der Waals surface area contributed by atoms with Crippen molar-refractivity contribution in [2.24, 2.45) is 0 Å². The lowest BCUT2D eigenvalue weighted by molar-refractivity contribution is 0.122. The van der Waals surface area contributed by atoms with E-state index < -0.39 is 0 Å². The molecule has 0 unspecified atom stereocenters. The van der Waals surface area contributed by atoms with Crippen molar-refractivity contribution in [3.8, 4) is 0 Å². The van der Waals surface area contributed by atoms with Crippen molar-refractivity contribution < 1.29 is 4.74 Å². The van der Waals surface area contributed by atoms with Gasteiger partial charge >= 0.3 is 0 Å². The Morgan fingerprint density at radius 1 is 1.29 bits per heavy atom. The van der Waals surface area contributed by atoms with Gasteiger partial charge in [-0.2, -0.15) is 11.3 Å². The molecular formula is C12H14N2OS2. The first-order valence-electron chi connectivity index (χ1n) is 5.70. The molecule has 0 atom stereocenters. The van der Waals surface area contributed by atoms with Gasteiger partial charge in [-0.25, -0.2) is 4.98 Å². The topological polar surface area (TPSA) is 25.4 Å². The van der Waals surface area contributed by atoms with Crippen molar-refractivity contribution in [1.29, 1.82) is 0 Å². The number of hydrogen-bond acceptors (Lipinski definition) is 5. The SMILES string of the molecule is c1cc(Cc2csc(N3CCOCC3)n2)cs1. The van der Waals surface area contributed by atoms with Gasteiger partial charge < -0.3 is 9.64 Å². The molecule has 0 radical (unpaired) electrons. The fourth-order valence-electron chi connectivity index (χ4n) is 1.88. The summed E-state index contributed by atoms with van der Waals surface area (Å²) in [5.74, 6) is 0. The van der Waals surface area contributed by atoms with Crippen molar-refractivity contribution in [3.63, 3.8) is 0 Å². The Hall–Kier alpha value is -0.910. The minimum Gasteiger partial charge on any atom is -0.378 e. The molecule has 1 aliphatic heterocycles. The zero-order chi connectivity index (χ0) is 11.5. The first kappa shape index (κ1) is 11.2. The van der Waals surface area contributed by atoms with Crippen LogP contribution in [-0.2, 0) is 11.2 Å². The van der Waals surface area contributed by atoms with Gasteiger partial charge in [0.2, 0.25) is 0 Å². The molecule has 3 heterocycles. The van der Waals surface area contributed by atoms with Crippen LogP contribution >= 0.6 is 22.7 Å². The molecule has 2 aromatic heterocycles. The summed E-state index contributed by atoms with van der Waals surface area (Å²) in [6.45, 7) is 3.57. The quantitative estimate of drug-likeness (QED) is 0.854. The largest absolute Gasteiger partial charge is 0.378 e. The van der Waals surface area contributed by atoms with Gasteiger partial charge in [0.05, 0.1) is 18.9 Å². The molecule has 0 spiro atoms. The van der Waals surface area contributed by atoms with Crippen LogP contribution in [0.5, 0.6) is 0 Å². The zero-order valence-electron chi connectivity index (χ0n) is 9.46. The Labute approximate surface area is 109 Å². The average Bonchev–Trinajstić information content (AvgIpc) is 3.02. The van der Waals surface area contributed by atoms with Crippen molar-refractivity contribution in [2.45, 2.75) is 6.42 Å². The van der Waals surface area contributed by atoms with Gasteiger partial charge in [-0.3, -0.25) is 0 Å². The Balaban J connectivity index is 1.69. The molecule has 1 saturated heterocycles. The van der Waals surface area contributed by atoms with Gasteiger partial charge in [-0.15, -0.1) is 11.3 Å². The molecule has 0 amide bonds. The van der Waals surface area contributed by atoms with E-state index in [0.29, 0.717) is 0 Å². The lowest BCUT2D eigenvalue weighted by atomic mass is 10.2. The van der Waals surface area contributed by atoms with Gasteiger partial charge in [0, 0.05) is 24.9 Å². The number of thiophene rings is 1. The predicted octanol–water partition coefficient (Wildman–Crippen LogP) is 2.63. The van der Waals surface area contributed by atoms with E-state index in [4.69, 9.17) is 9.72 Å². The normalized spacial score (nSPS) is 16.4. The van der Waals surface area contributed by atoms with Crippen LogP contribution in [0, 0.1) is 0 Å². The lowest BCUT2D eigenvalue weighted by Crippen LogP contribution is -2.36. The molecule has 3 rings (SSSR count). The zero-order valence-corrected chi connectivity index (χ0v) is 11.1. The van der Waals surface area contributed by atoms with Crippen molar-refractivity contribution in [1.82, 2.24) is 4.98 Å². The molecule has 0 aliphatic carbocycles. The van der Waals surface area contributed by atoms with Crippen LogP contribution in [0.1, 0.15) is 11.3 Å². The molecule has 17 heavy (non-hydrogen) atoms. The summed E-state index contributed by atoms with van der Waals surface area (Å²) in [5.41, 5.74) is 2.53. The number of hydrogen-bond donors (Lipinski definition) is 0. The van der Waals surface area contributed by atoms with Crippen LogP contribution in [0.2, 0.25) is 0 Å². The highest BCUT2D eigenvalue weighted by atomic mass is 32.1. The Morgan fingerprint density at radius 3 is 2.94 bits per heavy atom. The van der Waals surface area contributed by atoms with E-state index in [9.17, 15) is 0 Å². The summed E-state index contributed by atoms with van der Waals surface area (Å²) in [6, 6.07) is 2.17. The van der Waals surface area contributed by atoms with E-state index in [0.717, 1.165) is 37.9 Å². The molecule has 3 nitrogen and oxygen atoms in total. The van der Waals surface area contributed by atoms with Crippen molar-refractivity contribution in [3.05, 3.63) is 33.5 Å². The third-order valence-electron chi connectivity index (χ3n) is 2.79. The molecule has 1 fully saturated rings. The summed E-state index contributed by atoms with van der Waals surface area (Å²) in [5, 5.41) is 7.61. The van der Waals surface area contributed by atoms with E-state index in [-0.39, 0.29) is 0 Å². The van der Waals surface area contributed by atoms with Crippen LogP contribution in [-0.4, -0.2) is 31.3 Å². The Bertz CT molecular complexity index is 461. The first-order chi connectivity index (χ1) is 8.42. The van der Waals surface area contributed by atoms with E-state index >= 15 is 0 Å². The second-order valence-electron chi connectivity index (χ2n) is 4.03. The van der Waals surface area contributed by atoms with E-state index in [2.05, 4.69) is 27.1 Å². The highest BCUT2D eigenvalue weighted by Crippen LogP contribution is 2.23. The Morgan fingerprint density at radius 2 is 2.18 bits per heavy atom. The molecular weight excluding hydrogens is 252 g/mol. The standard InChI is InChI=1S/C12H14N2OS2/c1-6-16-8-10(1)7-11-9-17-12(13-11)14-2-4-15-5-3-14/h1,6,8-9H,2-5,7H2. The number of aromatic nitrogens is 1. The average molecular weight is 266 g/mol. The van der Waals surface area contributed by atoms with Gasteiger partial charge in [0.1, 0.15) is 0 Å². The minimum absolute atomic E-state index is 0.819. The maximum atomic E-state index is 5.35. The number of ether oxygens (including phenoxy) is 1. The fourth-order valence-corrected chi connectivity index (χ4v) is 3.43. The summed E-state index contributed by atoms with van der Waals surface area (Å²) < 4.78 is 5.35. The molecule has 0 bridgehead atoms. The molecule has 1 aliphatic rings. The lowest BCUT2D eigenvalue weighted by Gasteiger charge is -2.26. The van der Waals surface area contributed by atoms with Crippen molar-refractivity contribution >= 4 is 27.8 Å². The van der Waals surface area contributed by atoms with E-state index in [1.54, 1.807) is 22.7 Å². The summed E-state index contributed by atoms with van der Waals surface area (Å²) in [6.07, 6.45) is 0.949. The summed E-state index contributed by atoms with van der Waals surface area (Å²) >= 11 is 3.48. The number of morpholine rings is 1. The van der Waals surface area contributed by atoms with Crippen molar-refractivity contribution in [2.75, 3.05) is 31.2 Å². The van der Waals surface area contributed by atoms with Crippen LogP contribution in [0.3, 0.4) is 0 Å².